The second-order valence-electron chi connectivity index (χ2n) is 3.64. The first-order valence-electron chi connectivity index (χ1n) is 5.46. The Morgan fingerprint density at radius 2 is 2.29 bits per heavy atom. The molecule has 0 atom stereocenters. The van der Waals surface area contributed by atoms with E-state index < -0.39 is 5.82 Å². The van der Waals surface area contributed by atoms with Crippen LogP contribution in [0.1, 0.15) is 23.7 Å². The van der Waals surface area contributed by atoms with Crippen LogP contribution in [0.5, 0.6) is 0 Å². The number of rotatable bonds is 5. The molecule has 0 aliphatic heterocycles. The highest BCUT2D eigenvalue weighted by atomic mass is 79.9. The molecule has 0 saturated heterocycles. The molecule has 0 heterocycles. The molecule has 0 spiro atoms. The van der Waals surface area contributed by atoms with Crippen LogP contribution in [-0.2, 0) is 0 Å². The summed E-state index contributed by atoms with van der Waals surface area (Å²) in [6.45, 7) is 6.60. The summed E-state index contributed by atoms with van der Waals surface area (Å²) in [5.41, 5.74) is 0.0923. The van der Waals surface area contributed by atoms with Crippen molar-refractivity contribution in [2.24, 2.45) is 0 Å². The van der Waals surface area contributed by atoms with E-state index in [1.807, 2.05) is 6.92 Å². The van der Waals surface area contributed by atoms with Gasteiger partial charge < -0.3 is 4.90 Å². The third-order valence-electron chi connectivity index (χ3n) is 2.31. The lowest BCUT2D eigenvalue weighted by molar-refractivity contribution is 0.0769. The van der Waals surface area contributed by atoms with E-state index in [2.05, 4.69) is 22.5 Å². The number of carbonyl (C=O) groups excluding carboxylic acids is 1. The minimum Gasteiger partial charge on any atom is -0.335 e. The second kappa shape index (κ2) is 6.55. The fourth-order valence-corrected chi connectivity index (χ4v) is 1.91. The van der Waals surface area contributed by atoms with Gasteiger partial charge in [0.05, 0.1) is 10.0 Å². The number of carbonyl (C=O) groups is 1. The molecule has 0 N–H and O–H groups in total. The fraction of sp³-hybridized carbons (Fsp3) is 0.308. The van der Waals surface area contributed by atoms with Crippen molar-refractivity contribution in [3.63, 3.8) is 0 Å². The van der Waals surface area contributed by atoms with Crippen LogP contribution in [0.3, 0.4) is 0 Å². The maximum atomic E-state index is 13.8. The van der Waals surface area contributed by atoms with E-state index in [0.717, 1.165) is 6.42 Å². The number of benzene rings is 1. The predicted molar refractivity (Wildman–Crippen MR) is 70.5 cm³/mol. The van der Waals surface area contributed by atoms with Gasteiger partial charge in [0.1, 0.15) is 5.82 Å². The number of hydrogen-bond acceptors (Lipinski definition) is 1. The van der Waals surface area contributed by atoms with Crippen LogP contribution < -0.4 is 0 Å². The molecule has 92 valence electrons. The van der Waals surface area contributed by atoms with Crippen molar-refractivity contribution < 1.29 is 9.18 Å². The number of nitrogens with zero attached hydrogens (tertiary/aromatic N) is 1. The van der Waals surface area contributed by atoms with Crippen LogP contribution in [0.15, 0.2) is 35.3 Å². The van der Waals surface area contributed by atoms with E-state index in [4.69, 9.17) is 0 Å². The summed E-state index contributed by atoms with van der Waals surface area (Å²) in [4.78, 5) is 13.7. The standard InChI is InChI=1S/C13H15BrFNO/c1-3-8-16(9-4-2)13(17)10-6-5-7-11(14)12(10)15/h3,5-7H,1,4,8-9H2,2H3. The summed E-state index contributed by atoms with van der Waals surface area (Å²) < 4.78 is 14.1. The summed E-state index contributed by atoms with van der Waals surface area (Å²) in [6.07, 6.45) is 2.47. The Morgan fingerprint density at radius 1 is 1.59 bits per heavy atom. The van der Waals surface area contributed by atoms with Gasteiger partial charge in [-0.25, -0.2) is 4.39 Å². The number of amides is 1. The topological polar surface area (TPSA) is 20.3 Å². The fourth-order valence-electron chi connectivity index (χ4n) is 1.54. The van der Waals surface area contributed by atoms with Crippen LogP contribution in [0, 0.1) is 5.82 Å². The van der Waals surface area contributed by atoms with E-state index in [-0.39, 0.29) is 11.5 Å². The first-order valence-corrected chi connectivity index (χ1v) is 6.25. The van der Waals surface area contributed by atoms with Gasteiger partial charge in [-0.3, -0.25) is 4.79 Å². The van der Waals surface area contributed by atoms with Crippen LogP contribution in [0.25, 0.3) is 0 Å². The van der Waals surface area contributed by atoms with Crippen molar-refractivity contribution in [1.82, 2.24) is 4.90 Å². The summed E-state index contributed by atoms with van der Waals surface area (Å²) >= 11 is 3.08. The van der Waals surface area contributed by atoms with E-state index in [9.17, 15) is 9.18 Å². The van der Waals surface area contributed by atoms with Gasteiger partial charge in [-0.05, 0) is 34.5 Å². The Kier molecular flexibility index (Phi) is 5.35. The molecule has 0 unspecified atom stereocenters. The van der Waals surface area contributed by atoms with E-state index in [1.54, 1.807) is 23.1 Å². The van der Waals surface area contributed by atoms with E-state index in [1.165, 1.54) is 6.07 Å². The molecule has 0 aromatic heterocycles. The SMILES string of the molecule is C=CCN(CCC)C(=O)c1cccc(Br)c1F. The lowest BCUT2D eigenvalue weighted by Gasteiger charge is -2.20. The summed E-state index contributed by atoms with van der Waals surface area (Å²) in [5, 5.41) is 0. The maximum absolute atomic E-state index is 13.8. The molecule has 0 aliphatic carbocycles. The highest BCUT2D eigenvalue weighted by Crippen LogP contribution is 2.20. The van der Waals surface area contributed by atoms with Gasteiger partial charge in [-0.1, -0.05) is 19.1 Å². The summed E-state index contributed by atoms with van der Waals surface area (Å²) in [5.74, 6) is -0.812. The van der Waals surface area contributed by atoms with Gasteiger partial charge in [-0.2, -0.15) is 0 Å². The second-order valence-corrected chi connectivity index (χ2v) is 4.50. The van der Waals surface area contributed by atoms with Crippen LogP contribution in [0.2, 0.25) is 0 Å². The lowest BCUT2D eigenvalue weighted by Crippen LogP contribution is -2.32. The highest BCUT2D eigenvalue weighted by Gasteiger charge is 2.18. The molecule has 4 heteroatoms. The highest BCUT2D eigenvalue weighted by molar-refractivity contribution is 9.10. The van der Waals surface area contributed by atoms with Gasteiger partial charge in [0.2, 0.25) is 0 Å². The van der Waals surface area contributed by atoms with Gasteiger partial charge in [0.15, 0.2) is 0 Å². The minimum absolute atomic E-state index is 0.0923. The number of halogens is 2. The summed E-state index contributed by atoms with van der Waals surface area (Å²) in [6, 6.07) is 4.72. The molecule has 1 aromatic rings. The average molecular weight is 300 g/mol. The van der Waals surface area contributed by atoms with Crippen LogP contribution >= 0.6 is 15.9 Å². The first-order chi connectivity index (χ1) is 8.11. The van der Waals surface area contributed by atoms with Crippen LogP contribution in [0.4, 0.5) is 4.39 Å². The zero-order valence-corrected chi connectivity index (χ0v) is 11.3. The Balaban J connectivity index is 3.00. The third kappa shape index (κ3) is 3.40. The van der Waals surface area contributed by atoms with E-state index in [0.29, 0.717) is 17.6 Å². The third-order valence-corrected chi connectivity index (χ3v) is 2.92. The average Bonchev–Trinajstić information content (AvgIpc) is 2.31. The number of hydrogen-bond donors (Lipinski definition) is 0. The molecule has 0 radical (unpaired) electrons. The molecular weight excluding hydrogens is 285 g/mol. The summed E-state index contributed by atoms with van der Waals surface area (Å²) in [7, 11) is 0. The molecule has 0 saturated carbocycles. The van der Waals surface area contributed by atoms with Crippen molar-refractivity contribution in [1.29, 1.82) is 0 Å². The Hall–Kier alpha value is -1.16. The molecule has 0 bridgehead atoms. The minimum atomic E-state index is -0.511. The lowest BCUT2D eigenvalue weighted by atomic mass is 10.2. The quantitative estimate of drug-likeness (QED) is 0.760. The van der Waals surface area contributed by atoms with Gasteiger partial charge in [-0.15, -0.1) is 6.58 Å². The first kappa shape index (κ1) is 13.9. The Bertz CT molecular complexity index is 420. The Labute approximate surface area is 109 Å². The molecular formula is C13H15BrFNO. The molecule has 1 amide bonds. The zero-order chi connectivity index (χ0) is 12.8. The zero-order valence-electron chi connectivity index (χ0n) is 9.75. The smallest absolute Gasteiger partial charge is 0.257 e. The molecule has 17 heavy (non-hydrogen) atoms. The Morgan fingerprint density at radius 3 is 2.88 bits per heavy atom. The largest absolute Gasteiger partial charge is 0.335 e. The van der Waals surface area contributed by atoms with Crippen LogP contribution in [-0.4, -0.2) is 23.9 Å². The predicted octanol–water partition coefficient (Wildman–Crippen LogP) is 3.63. The molecule has 1 aromatic carbocycles. The normalized spacial score (nSPS) is 10.1. The van der Waals surface area contributed by atoms with Gasteiger partial charge in [0.25, 0.3) is 5.91 Å². The van der Waals surface area contributed by atoms with Crippen molar-refractivity contribution in [3.05, 3.63) is 46.7 Å². The molecule has 2 nitrogen and oxygen atoms in total. The van der Waals surface area contributed by atoms with Crippen molar-refractivity contribution in [2.75, 3.05) is 13.1 Å². The molecule has 1 rings (SSSR count). The van der Waals surface area contributed by atoms with Crippen molar-refractivity contribution in [3.8, 4) is 0 Å². The van der Waals surface area contributed by atoms with Crippen molar-refractivity contribution >= 4 is 21.8 Å². The maximum Gasteiger partial charge on any atom is 0.257 e. The van der Waals surface area contributed by atoms with Gasteiger partial charge >= 0.3 is 0 Å². The molecule has 0 aliphatic rings. The van der Waals surface area contributed by atoms with Crippen molar-refractivity contribution in [2.45, 2.75) is 13.3 Å². The molecule has 0 fully saturated rings. The van der Waals surface area contributed by atoms with E-state index >= 15 is 0 Å². The monoisotopic (exact) mass is 299 g/mol. The van der Waals surface area contributed by atoms with Gasteiger partial charge in [0, 0.05) is 13.1 Å².